The SMILES string of the molecule is Cc1ccc(S(=O)(=O)N2CCC3(CC2)NCCN=C3NC2CCCC2)cc1.Cl. The van der Waals surface area contributed by atoms with E-state index in [0.717, 1.165) is 37.3 Å². The van der Waals surface area contributed by atoms with Gasteiger partial charge in [0.2, 0.25) is 10.0 Å². The maximum Gasteiger partial charge on any atom is 0.243 e. The Labute approximate surface area is 174 Å². The minimum Gasteiger partial charge on any atom is -0.370 e. The summed E-state index contributed by atoms with van der Waals surface area (Å²) >= 11 is 0. The zero-order chi connectivity index (χ0) is 18.9. The zero-order valence-electron chi connectivity index (χ0n) is 16.5. The molecule has 1 aromatic rings. The van der Waals surface area contributed by atoms with Gasteiger partial charge in [-0.25, -0.2) is 8.42 Å². The fraction of sp³-hybridized carbons (Fsp3) is 0.650. The average molecular weight is 427 g/mol. The molecule has 6 nitrogen and oxygen atoms in total. The number of halogens is 1. The van der Waals surface area contributed by atoms with Crippen molar-refractivity contribution in [2.45, 2.75) is 61.9 Å². The fourth-order valence-electron chi connectivity index (χ4n) is 4.53. The second kappa shape index (κ2) is 8.69. The Morgan fingerprint density at radius 1 is 1.14 bits per heavy atom. The van der Waals surface area contributed by atoms with Gasteiger partial charge in [-0.2, -0.15) is 4.31 Å². The number of aliphatic imine (C=N–C) groups is 1. The second-order valence-electron chi connectivity index (χ2n) is 8.08. The first kappa shape index (κ1) is 21.6. The van der Waals surface area contributed by atoms with Gasteiger partial charge in [0.1, 0.15) is 5.84 Å². The van der Waals surface area contributed by atoms with Crippen LogP contribution in [-0.4, -0.2) is 56.3 Å². The predicted octanol–water partition coefficient (Wildman–Crippen LogP) is 2.47. The summed E-state index contributed by atoms with van der Waals surface area (Å²) in [4.78, 5) is 5.19. The molecule has 1 aromatic carbocycles. The average Bonchev–Trinajstić information content (AvgIpc) is 3.18. The zero-order valence-corrected chi connectivity index (χ0v) is 18.1. The van der Waals surface area contributed by atoms with Crippen LogP contribution in [-0.2, 0) is 10.0 Å². The highest BCUT2D eigenvalue weighted by atomic mass is 35.5. The molecular weight excluding hydrogens is 396 g/mol. The summed E-state index contributed by atoms with van der Waals surface area (Å²) in [5.74, 6) is 1.06. The highest BCUT2D eigenvalue weighted by Gasteiger charge is 2.43. The molecule has 2 aliphatic heterocycles. The molecule has 2 N–H and O–H groups in total. The second-order valence-corrected chi connectivity index (χ2v) is 10.0. The van der Waals surface area contributed by atoms with E-state index in [1.807, 2.05) is 19.1 Å². The first-order chi connectivity index (χ1) is 13.0. The van der Waals surface area contributed by atoms with Crippen LogP contribution in [0, 0.1) is 6.92 Å². The minimum absolute atomic E-state index is 0. The monoisotopic (exact) mass is 426 g/mol. The number of amidine groups is 1. The lowest BCUT2D eigenvalue weighted by Crippen LogP contribution is -2.65. The van der Waals surface area contributed by atoms with Crippen LogP contribution in [0.1, 0.15) is 44.1 Å². The lowest BCUT2D eigenvalue weighted by Gasteiger charge is -2.45. The van der Waals surface area contributed by atoms with E-state index in [2.05, 4.69) is 10.6 Å². The molecular formula is C20H31ClN4O2S. The van der Waals surface area contributed by atoms with E-state index >= 15 is 0 Å². The van der Waals surface area contributed by atoms with Gasteiger partial charge in [0, 0.05) is 25.7 Å². The molecule has 28 heavy (non-hydrogen) atoms. The van der Waals surface area contributed by atoms with E-state index in [0.29, 0.717) is 24.0 Å². The van der Waals surface area contributed by atoms with Crippen LogP contribution in [0.4, 0.5) is 0 Å². The van der Waals surface area contributed by atoms with Crippen molar-refractivity contribution in [1.82, 2.24) is 14.9 Å². The number of nitrogens with one attached hydrogen (secondary N) is 2. The number of benzene rings is 1. The molecule has 0 amide bonds. The molecule has 2 fully saturated rings. The molecule has 8 heteroatoms. The van der Waals surface area contributed by atoms with Gasteiger partial charge in [-0.1, -0.05) is 30.5 Å². The van der Waals surface area contributed by atoms with Crippen molar-refractivity contribution < 1.29 is 8.42 Å². The van der Waals surface area contributed by atoms with Crippen LogP contribution in [0.25, 0.3) is 0 Å². The van der Waals surface area contributed by atoms with Gasteiger partial charge in [-0.05, 0) is 44.7 Å². The molecule has 4 rings (SSSR count). The van der Waals surface area contributed by atoms with Gasteiger partial charge < -0.3 is 10.6 Å². The molecule has 0 unspecified atom stereocenters. The number of hydrogen-bond donors (Lipinski definition) is 2. The van der Waals surface area contributed by atoms with Crippen LogP contribution < -0.4 is 10.6 Å². The summed E-state index contributed by atoms with van der Waals surface area (Å²) in [6.07, 6.45) is 6.52. The van der Waals surface area contributed by atoms with Crippen molar-refractivity contribution in [3.63, 3.8) is 0 Å². The maximum absolute atomic E-state index is 13.0. The smallest absolute Gasteiger partial charge is 0.243 e. The third-order valence-corrected chi connectivity index (χ3v) is 8.14. The van der Waals surface area contributed by atoms with E-state index in [1.165, 1.54) is 25.7 Å². The predicted molar refractivity (Wildman–Crippen MR) is 115 cm³/mol. The number of rotatable bonds is 3. The normalized spacial score (nSPS) is 23.2. The summed E-state index contributed by atoms with van der Waals surface area (Å²) < 4.78 is 27.6. The van der Waals surface area contributed by atoms with Crippen molar-refractivity contribution >= 4 is 28.3 Å². The minimum atomic E-state index is -3.43. The van der Waals surface area contributed by atoms with Gasteiger partial charge in [-0.3, -0.25) is 4.99 Å². The van der Waals surface area contributed by atoms with E-state index < -0.39 is 10.0 Å². The van der Waals surface area contributed by atoms with Crippen molar-refractivity contribution in [2.24, 2.45) is 4.99 Å². The Hall–Kier alpha value is -1.15. The lowest BCUT2D eigenvalue weighted by atomic mass is 9.85. The molecule has 0 bridgehead atoms. The van der Waals surface area contributed by atoms with Gasteiger partial charge >= 0.3 is 0 Å². The fourth-order valence-corrected chi connectivity index (χ4v) is 5.97. The van der Waals surface area contributed by atoms with Crippen LogP contribution in [0.3, 0.4) is 0 Å². The molecule has 1 aliphatic carbocycles. The Morgan fingerprint density at radius 2 is 1.79 bits per heavy atom. The molecule has 3 aliphatic rings. The van der Waals surface area contributed by atoms with Crippen molar-refractivity contribution in [2.75, 3.05) is 26.2 Å². The van der Waals surface area contributed by atoms with E-state index in [-0.39, 0.29) is 17.9 Å². The number of nitrogens with zero attached hydrogens (tertiary/aromatic N) is 2. The van der Waals surface area contributed by atoms with Crippen LogP contribution in [0.5, 0.6) is 0 Å². The molecule has 1 saturated carbocycles. The summed E-state index contributed by atoms with van der Waals surface area (Å²) in [7, 11) is -3.43. The largest absolute Gasteiger partial charge is 0.370 e. The van der Waals surface area contributed by atoms with Gasteiger partial charge in [0.15, 0.2) is 0 Å². The summed E-state index contributed by atoms with van der Waals surface area (Å²) in [6.45, 7) is 4.67. The quantitative estimate of drug-likeness (QED) is 0.778. The Balaban J connectivity index is 0.00000225. The van der Waals surface area contributed by atoms with Crippen LogP contribution in [0.15, 0.2) is 34.2 Å². The van der Waals surface area contributed by atoms with E-state index in [4.69, 9.17) is 4.99 Å². The molecule has 1 spiro atoms. The highest BCUT2D eigenvalue weighted by Crippen LogP contribution is 2.30. The Bertz CT molecular complexity index is 796. The molecule has 0 radical (unpaired) electrons. The lowest BCUT2D eigenvalue weighted by molar-refractivity contribution is 0.240. The van der Waals surface area contributed by atoms with E-state index in [9.17, 15) is 8.42 Å². The summed E-state index contributed by atoms with van der Waals surface area (Å²) in [5, 5.41) is 7.35. The number of aryl methyl sites for hydroxylation is 1. The first-order valence-corrected chi connectivity index (χ1v) is 11.6. The van der Waals surface area contributed by atoms with Gasteiger partial charge in [0.05, 0.1) is 17.0 Å². The summed E-state index contributed by atoms with van der Waals surface area (Å²) in [6, 6.07) is 7.66. The maximum atomic E-state index is 13.0. The van der Waals surface area contributed by atoms with Gasteiger partial charge in [-0.15, -0.1) is 12.4 Å². The third-order valence-electron chi connectivity index (χ3n) is 6.23. The number of sulfonamides is 1. The molecule has 2 heterocycles. The molecule has 0 aromatic heterocycles. The summed E-state index contributed by atoms with van der Waals surface area (Å²) in [5.41, 5.74) is 0.872. The van der Waals surface area contributed by atoms with Crippen molar-refractivity contribution in [3.8, 4) is 0 Å². The standard InChI is InChI=1S/C20H30N4O2S.ClH/c1-16-6-8-18(9-7-16)27(25,26)24-14-10-20(11-15-24)19(21-12-13-22-20)23-17-4-2-3-5-17;/h6-9,17,22H,2-5,10-15H2,1H3,(H,21,23);1H. The molecule has 156 valence electrons. The Kier molecular flexibility index (Phi) is 6.69. The number of hydrogen-bond acceptors (Lipinski definition) is 5. The molecule has 1 saturated heterocycles. The topological polar surface area (TPSA) is 73.8 Å². The molecule has 0 atom stereocenters. The van der Waals surface area contributed by atoms with Gasteiger partial charge in [0.25, 0.3) is 0 Å². The van der Waals surface area contributed by atoms with Crippen molar-refractivity contribution in [3.05, 3.63) is 29.8 Å². The third kappa shape index (κ3) is 4.22. The highest BCUT2D eigenvalue weighted by molar-refractivity contribution is 7.89. The van der Waals surface area contributed by atoms with E-state index in [1.54, 1.807) is 16.4 Å². The van der Waals surface area contributed by atoms with Crippen LogP contribution in [0.2, 0.25) is 0 Å². The number of piperidine rings is 1. The first-order valence-electron chi connectivity index (χ1n) is 10.1. The van der Waals surface area contributed by atoms with Crippen molar-refractivity contribution in [1.29, 1.82) is 0 Å². The van der Waals surface area contributed by atoms with Crippen LogP contribution >= 0.6 is 12.4 Å². The Morgan fingerprint density at radius 3 is 2.43 bits per heavy atom.